The molecule has 0 aliphatic rings. The lowest BCUT2D eigenvalue weighted by Crippen LogP contribution is -2.53. The number of sulfonamides is 1. The van der Waals surface area contributed by atoms with Gasteiger partial charge in [0, 0.05) is 24.5 Å². The molecule has 1 unspecified atom stereocenters. The van der Waals surface area contributed by atoms with Crippen LogP contribution >= 0.6 is 11.6 Å². The first kappa shape index (κ1) is 33.7. The molecule has 0 saturated heterocycles. The van der Waals surface area contributed by atoms with Gasteiger partial charge in [-0.2, -0.15) is 0 Å². The highest BCUT2D eigenvalue weighted by Gasteiger charge is 2.34. The summed E-state index contributed by atoms with van der Waals surface area (Å²) in [5, 5.41) is 3.50. The maximum Gasteiger partial charge on any atom is 0.264 e. The van der Waals surface area contributed by atoms with Crippen LogP contribution < -0.4 is 9.62 Å². The molecule has 9 heteroatoms. The van der Waals surface area contributed by atoms with Crippen LogP contribution in [0.5, 0.6) is 0 Å². The fourth-order valence-corrected chi connectivity index (χ4v) is 6.54. The van der Waals surface area contributed by atoms with Crippen LogP contribution in [0.2, 0.25) is 5.02 Å². The molecule has 4 aromatic rings. The van der Waals surface area contributed by atoms with E-state index >= 15 is 0 Å². The molecule has 2 amide bonds. The van der Waals surface area contributed by atoms with Crippen molar-refractivity contribution >= 4 is 39.1 Å². The van der Waals surface area contributed by atoms with E-state index in [1.54, 1.807) is 54.6 Å². The van der Waals surface area contributed by atoms with Gasteiger partial charge in [0.15, 0.2) is 0 Å². The molecule has 0 aliphatic heterocycles. The van der Waals surface area contributed by atoms with Gasteiger partial charge in [-0.05, 0) is 65.4 Å². The monoisotopic (exact) mass is 645 g/mol. The fraction of sp³-hybridized carbons (Fsp3) is 0.278. The number of halogens is 1. The highest BCUT2D eigenvalue weighted by atomic mass is 35.5. The van der Waals surface area contributed by atoms with Crippen LogP contribution in [-0.4, -0.2) is 44.3 Å². The lowest BCUT2D eigenvalue weighted by atomic mass is 10.0. The number of hydrogen-bond donors (Lipinski definition) is 1. The van der Waals surface area contributed by atoms with Crippen molar-refractivity contribution in [2.24, 2.45) is 0 Å². The normalized spacial score (nSPS) is 12.0. The second kappa shape index (κ2) is 15.7. The van der Waals surface area contributed by atoms with Crippen LogP contribution in [0, 0.1) is 0 Å². The Morgan fingerprint density at radius 2 is 1.40 bits per heavy atom. The molecule has 4 rings (SSSR count). The molecule has 0 bridgehead atoms. The van der Waals surface area contributed by atoms with E-state index in [-0.39, 0.29) is 29.7 Å². The van der Waals surface area contributed by atoms with Gasteiger partial charge in [0.2, 0.25) is 11.8 Å². The Morgan fingerprint density at radius 1 is 0.800 bits per heavy atom. The lowest BCUT2D eigenvalue weighted by molar-refractivity contribution is -0.140. The summed E-state index contributed by atoms with van der Waals surface area (Å²) in [5.74, 6) is -0.568. The van der Waals surface area contributed by atoms with E-state index in [0.29, 0.717) is 17.3 Å². The molecular weight excluding hydrogens is 606 g/mol. The standard InChI is InChI=1S/C36H40ClN3O4S/c1-4-23-38-36(42)34(24-28-11-7-5-8-12-28)39(25-29-15-19-31(37)20-16-29)35(41)26-40(32-21-17-30(18-22-32)27(2)3)45(43,44)33-13-9-6-10-14-33/h5-22,27,34H,4,23-26H2,1-3H3,(H,38,42). The smallest absolute Gasteiger partial charge is 0.264 e. The predicted octanol–water partition coefficient (Wildman–Crippen LogP) is 6.83. The van der Waals surface area contributed by atoms with Gasteiger partial charge in [-0.1, -0.05) is 105 Å². The molecule has 0 fully saturated rings. The van der Waals surface area contributed by atoms with Crippen LogP contribution in [-0.2, 0) is 32.6 Å². The number of amides is 2. The van der Waals surface area contributed by atoms with Gasteiger partial charge in [0.25, 0.3) is 10.0 Å². The van der Waals surface area contributed by atoms with Crippen LogP contribution in [0.1, 0.15) is 49.8 Å². The average Bonchev–Trinajstić information content (AvgIpc) is 3.05. The number of hydrogen-bond acceptors (Lipinski definition) is 4. The topological polar surface area (TPSA) is 86.8 Å². The van der Waals surface area contributed by atoms with Crippen LogP contribution in [0.4, 0.5) is 5.69 Å². The Morgan fingerprint density at radius 3 is 1.98 bits per heavy atom. The third-order valence-corrected chi connectivity index (χ3v) is 9.58. The second-order valence-electron chi connectivity index (χ2n) is 11.2. The number of carbonyl (C=O) groups is 2. The summed E-state index contributed by atoms with van der Waals surface area (Å²) < 4.78 is 29.3. The zero-order valence-corrected chi connectivity index (χ0v) is 27.5. The molecule has 7 nitrogen and oxygen atoms in total. The van der Waals surface area contributed by atoms with Gasteiger partial charge in [0.1, 0.15) is 12.6 Å². The zero-order valence-electron chi connectivity index (χ0n) is 25.9. The number of nitrogens with zero attached hydrogens (tertiary/aromatic N) is 2. The highest BCUT2D eigenvalue weighted by molar-refractivity contribution is 7.92. The summed E-state index contributed by atoms with van der Waals surface area (Å²) in [7, 11) is -4.15. The lowest BCUT2D eigenvalue weighted by Gasteiger charge is -2.34. The minimum atomic E-state index is -4.15. The van der Waals surface area contributed by atoms with Gasteiger partial charge < -0.3 is 10.2 Å². The van der Waals surface area contributed by atoms with Crippen LogP contribution in [0.15, 0.2) is 114 Å². The zero-order chi connectivity index (χ0) is 32.4. The molecule has 236 valence electrons. The van der Waals surface area contributed by atoms with E-state index in [1.165, 1.54) is 17.0 Å². The summed E-state index contributed by atoms with van der Waals surface area (Å²) in [5.41, 5.74) is 3.04. The van der Waals surface area contributed by atoms with Crippen LogP contribution in [0.3, 0.4) is 0 Å². The molecule has 0 aromatic heterocycles. The first-order chi connectivity index (χ1) is 21.6. The molecule has 0 radical (unpaired) electrons. The molecule has 0 spiro atoms. The highest BCUT2D eigenvalue weighted by Crippen LogP contribution is 2.27. The number of nitrogens with one attached hydrogen (secondary N) is 1. The van der Waals surface area contributed by atoms with E-state index in [4.69, 9.17) is 11.6 Å². The maximum absolute atomic E-state index is 14.5. The van der Waals surface area contributed by atoms with Crippen molar-refractivity contribution in [2.45, 2.75) is 57.0 Å². The summed E-state index contributed by atoms with van der Waals surface area (Å²) in [6.45, 7) is 6.10. The summed E-state index contributed by atoms with van der Waals surface area (Å²) in [4.78, 5) is 29.7. The van der Waals surface area contributed by atoms with Crippen molar-refractivity contribution in [2.75, 3.05) is 17.4 Å². The summed E-state index contributed by atoms with van der Waals surface area (Å²) in [6.07, 6.45) is 0.981. The molecular formula is C36H40ClN3O4S. The summed E-state index contributed by atoms with van der Waals surface area (Å²) in [6, 6.07) is 30.9. The molecule has 1 N–H and O–H groups in total. The summed E-state index contributed by atoms with van der Waals surface area (Å²) >= 11 is 6.15. The first-order valence-electron chi connectivity index (χ1n) is 15.1. The Balaban J connectivity index is 1.79. The van der Waals surface area contributed by atoms with Gasteiger partial charge in [-0.15, -0.1) is 0 Å². The molecule has 0 aliphatic carbocycles. The molecule has 0 saturated carbocycles. The van der Waals surface area contributed by atoms with Gasteiger partial charge >= 0.3 is 0 Å². The van der Waals surface area contributed by atoms with E-state index < -0.39 is 28.5 Å². The number of benzene rings is 4. The Bertz CT molecular complexity index is 1650. The first-order valence-corrected chi connectivity index (χ1v) is 16.9. The van der Waals surface area contributed by atoms with Crippen molar-refractivity contribution in [1.29, 1.82) is 0 Å². The maximum atomic E-state index is 14.5. The second-order valence-corrected chi connectivity index (χ2v) is 13.5. The third kappa shape index (κ3) is 8.96. The Labute approximate surface area is 271 Å². The fourth-order valence-electron chi connectivity index (χ4n) is 4.98. The van der Waals surface area contributed by atoms with E-state index in [9.17, 15) is 18.0 Å². The molecule has 1 atom stereocenters. The van der Waals surface area contributed by atoms with Gasteiger partial charge in [0.05, 0.1) is 10.6 Å². The molecule has 45 heavy (non-hydrogen) atoms. The van der Waals surface area contributed by atoms with Crippen LogP contribution in [0.25, 0.3) is 0 Å². The largest absolute Gasteiger partial charge is 0.354 e. The minimum absolute atomic E-state index is 0.0662. The number of rotatable bonds is 14. The van der Waals surface area contributed by atoms with Crippen molar-refractivity contribution in [3.05, 3.63) is 131 Å². The molecule has 4 aromatic carbocycles. The van der Waals surface area contributed by atoms with Crippen molar-refractivity contribution in [1.82, 2.24) is 10.2 Å². The van der Waals surface area contributed by atoms with Crippen molar-refractivity contribution < 1.29 is 18.0 Å². The third-order valence-electron chi connectivity index (χ3n) is 7.54. The minimum Gasteiger partial charge on any atom is -0.354 e. The van der Waals surface area contributed by atoms with E-state index in [0.717, 1.165) is 27.4 Å². The van der Waals surface area contributed by atoms with Gasteiger partial charge in [-0.25, -0.2) is 8.42 Å². The SMILES string of the molecule is CCCNC(=O)C(Cc1ccccc1)N(Cc1ccc(Cl)cc1)C(=O)CN(c1ccc(C(C)C)cc1)S(=O)(=O)c1ccccc1. The average molecular weight is 646 g/mol. The van der Waals surface area contributed by atoms with Crippen molar-refractivity contribution in [3.8, 4) is 0 Å². The number of carbonyl (C=O) groups excluding carboxylic acids is 2. The predicted molar refractivity (Wildman–Crippen MR) is 181 cm³/mol. The quantitative estimate of drug-likeness (QED) is 0.163. The Hall–Kier alpha value is -4.14. The van der Waals surface area contributed by atoms with E-state index in [1.807, 2.05) is 49.4 Å². The molecule has 0 heterocycles. The number of anilines is 1. The van der Waals surface area contributed by atoms with Crippen molar-refractivity contribution in [3.63, 3.8) is 0 Å². The Kier molecular flexibility index (Phi) is 11.8. The van der Waals surface area contributed by atoms with E-state index in [2.05, 4.69) is 19.2 Å². The van der Waals surface area contributed by atoms with Gasteiger partial charge in [-0.3, -0.25) is 13.9 Å².